The molecule has 1 aliphatic carbocycles. The van der Waals surface area contributed by atoms with Crippen molar-refractivity contribution >= 4 is 10.0 Å². The molecule has 0 aromatic heterocycles. The van der Waals surface area contributed by atoms with Crippen molar-refractivity contribution in [3.8, 4) is 0 Å². The lowest BCUT2D eigenvalue weighted by Gasteiger charge is -2.35. The molecule has 4 nitrogen and oxygen atoms in total. The molecule has 2 rings (SSSR count). The minimum absolute atomic E-state index is 0.385. The maximum Gasteiger partial charge on any atom is 0.211 e. The van der Waals surface area contributed by atoms with Crippen molar-refractivity contribution < 1.29 is 8.42 Å². The molecule has 1 aliphatic heterocycles. The third kappa shape index (κ3) is 2.71. The van der Waals surface area contributed by atoms with Gasteiger partial charge in [0, 0.05) is 25.7 Å². The summed E-state index contributed by atoms with van der Waals surface area (Å²) < 4.78 is 24.5. The number of hydrogen-bond acceptors (Lipinski definition) is 3. The maximum absolute atomic E-state index is 11.4. The van der Waals surface area contributed by atoms with Crippen LogP contribution in [0.2, 0.25) is 0 Å². The average Bonchev–Trinajstić information content (AvgIpc) is 2.69. The van der Waals surface area contributed by atoms with Gasteiger partial charge in [-0.25, -0.2) is 8.42 Å². The molecule has 1 unspecified atom stereocenters. The highest BCUT2D eigenvalue weighted by Gasteiger charge is 2.31. The first-order chi connectivity index (χ1) is 7.07. The van der Waals surface area contributed by atoms with E-state index < -0.39 is 10.0 Å². The predicted octanol–water partition coefficient (Wildman–Crippen LogP) is 0.410. The van der Waals surface area contributed by atoms with Gasteiger partial charge in [-0.3, -0.25) is 0 Å². The molecule has 1 heterocycles. The summed E-state index contributed by atoms with van der Waals surface area (Å²) in [5.41, 5.74) is 0. The van der Waals surface area contributed by atoms with Crippen molar-refractivity contribution in [2.75, 3.05) is 25.9 Å². The smallest absolute Gasteiger partial charge is 0.211 e. The first kappa shape index (κ1) is 11.4. The van der Waals surface area contributed by atoms with Gasteiger partial charge in [0.25, 0.3) is 0 Å². The zero-order chi connectivity index (χ0) is 10.9. The lowest BCUT2D eigenvalue weighted by Crippen LogP contribution is -2.54. The second kappa shape index (κ2) is 4.39. The highest BCUT2D eigenvalue weighted by atomic mass is 32.2. The van der Waals surface area contributed by atoms with E-state index in [4.69, 9.17) is 0 Å². The Kier molecular flexibility index (Phi) is 3.33. The Labute approximate surface area is 92.1 Å². The van der Waals surface area contributed by atoms with E-state index in [2.05, 4.69) is 5.32 Å². The molecule has 5 heteroatoms. The number of piperazine rings is 1. The van der Waals surface area contributed by atoms with Crippen LogP contribution in [0, 0.1) is 5.92 Å². The minimum atomic E-state index is -3.00. The Morgan fingerprint density at radius 3 is 2.53 bits per heavy atom. The van der Waals surface area contributed by atoms with E-state index in [0.29, 0.717) is 25.0 Å². The average molecular weight is 232 g/mol. The molecule has 1 atom stereocenters. The molecule has 0 bridgehead atoms. The standard InChI is InChI=1S/C10H20N2O2S/c1-15(13,14)12-7-6-11-10(8-12)9-4-2-3-5-9/h9-11H,2-8H2,1H3. The predicted molar refractivity (Wildman–Crippen MR) is 60.2 cm³/mol. The summed E-state index contributed by atoms with van der Waals surface area (Å²) in [7, 11) is -3.00. The normalized spacial score (nSPS) is 30.9. The van der Waals surface area contributed by atoms with Crippen LogP contribution in [0.5, 0.6) is 0 Å². The van der Waals surface area contributed by atoms with E-state index in [1.807, 2.05) is 0 Å². The molecule has 2 fully saturated rings. The quantitative estimate of drug-likeness (QED) is 0.750. The fraction of sp³-hybridized carbons (Fsp3) is 1.00. The maximum atomic E-state index is 11.4. The summed E-state index contributed by atoms with van der Waals surface area (Å²) >= 11 is 0. The molecular weight excluding hydrogens is 212 g/mol. The summed E-state index contributed by atoms with van der Waals surface area (Å²) in [6.45, 7) is 2.10. The van der Waals surface area contributed by atoms with Gasteiger partial charge >= 0.3 is 0 Å². The van der Waals surface area contributed by atoms with Gasteiger partial charge in [0.2, 0.25) is 10.0 Å². The van der Waals surface area contributed by atoms with E-state index in [-0.39, 0.29) is 0 Å². The van der Waals surface area contributed by atoms with Crippen LogP contribution in [-0.2, 0) is 10.0 Å². The first-order valence-electron chi connectivity index (χ1n) is 5.76. The minimum Gasteiger partial charge on any atom is -0.311 e. The Morgan fingerprint density at radius 1 is 1.27 bits per heavy atom. The van der Waals surface area contributed by atoms with Crippen LogP contribution in [0.1, 0.15) is 25.7 Å². The van der Waals surface area contributed by atoms with Gasteiger partial charge in [-0.1, -0.05) is 12.8 Å². The molecule has 1 N–H and O–H groups in total. The second-order valence-corrected chi connectivity index (χ2v) is 6.71. The van der Waals surface area contributed by atoms with Crippen LogP contribution < -0.4 is 5.32 Å². The van der Waals surface area contributed by atoms with Crippen LogP contribution in [0.3, 0.4) is 0 Å². The zero-order valence-electron chi connectivity index (χ0n) is 9.28. The summed E-state index contributed by atoms with van der Waals surface area (Å²) in [6.07, 6.45) is 6.44. The molecule has 15 heavy (non-hydrogen) atoms. The molecule has 0 aromatic rings. The van der Waals surface area contributed by atoms with Crippen molar-refractivity contribution in [3.63, 3.8) is 0 Å². The monoisotopic (exact) mass is 232 g/mol. The molecule has 88 valence electrons. The van der Waals surface area contributed by atoms with Gasteiger partial charge in [0.1, 0.15) is 0 Å². The van der Waals surface area contributed by atoms with Crippen molar-refractivity contribution in [1.29, 1.82) is 0 Å². The van der Waals surface area contributed by atoms with Gasteiger partial charge < -0.3 is 5.32 Å². The Balaban J connectivity index is 1.97. The third-order valence-corrected chi connectivity index (χ3v) is 4.88. The molecule has 1 saturated heterocycles. The van der Waals surface area contributed by atoms with Crippen molar-refractivity contribution in [1.82, 2.24) is 9.62 Å². The van der Waals surface area contributed by atoms with Crippen LogP contribution in [-0.4, -0.2) is 44.7 Å². The van der Waals surface area contributed by atoms with Gasteiger partial charge in [-0.15, -0.1) is 0 Å². The summed E-state index contributed by atoms with van der Waals surface area (Å²) in [6, 6.07) is 0.385. The van der Waals surface area contributed by atoms with Crippen LogP contribution in [0.15, 0.2) is 0 Å². The first-order valence-corrected chi connectivity index (χ1v) is 7.61. The van der Waals surface area contributed by atoms with E-state index in [1.54, 1.807) is 4.31 Å². The fourth-order valence-electron chi connectivity index (χ4n) is 2.73. The van der Waals surface area contributed by atoms with Crippen molar-refractivity contribution in [3.05, 3.63) is 0 Å². The number of hydrogen-bond donors (Lipinski definition) is 1. The Bertz CT molecular complexity index is 309. The second-order valence-electron chi connectivity index (χ2n) is 4.73. The molecular formula is C10H20N2O2S. The summed E-state index contributed by atoms with van der Waals surface area (Å²) in [4.78, 5) is 0. The molecule has 0 amide bonds. The molecule has 1 saturated carbocycles. The lowest BCUT2D eigenvalue weighted by molar-refractivity contribution is 0.241. The molecule has 0 radical (unpaired) electrons. The topological polar surface area (TPSA) is 49.4 Å². The Morgan fingerprint density at radius 2 is 1.93 bits per heavy atom. The molecule has 0 spiro atoms. The number of nitrogens with zero attached hydrogens (tertiary/aromatic N) is 1. The largest absolute Gasteiger partial charge is 0.311 e. The van der Waals surface area contributed by atoms with Crippen molar-refractivity contribution in [2.45, 2.75) is 31.7 Å². The summed E-state index contributed by atoms with van der Waals surface area (Å²) in [5, 5.41) is 3.46. The van der Waals surface area contributed by atoms with Crippen LogP contribution >= 0.6 is 0 Å². The van der Waals surface area contributed by atoms with E-state index in [9.17, 15) is 8.42 Å². The van der Waals surface area contributed by atoms with Gasteiger partial charge in [0.05, 0.1) is 6.26 Å². The molecule has 0 aromatic carbocycles. The van der Waals surface area contributed by atoms with E-state index in [0.717, 1.165) is 6.54 Å². The van der Waals surface area contributed by atoms with Gasteiger partial charge in [0.15, 0.2) is 0 Å². The lowest BCUT2D eigenvalue weighted by atomic mass is 9.97. The summed E-state index contributed by atoms with van der Waals surface area (Å²) in [5.74, 6) is 0.689. The number of sulfonamides is 1. The molecule has 2 aliphatic rings. The van der Waals surface area contributed by atoms with Gasteiger partial charge in [-0.2, -0.15) is 4.31 Å². The number of nitrogens with one attached hydrogen (secondary N) is 1. The number of rotatable bonds is 2. The zero-order valence-corrected chi connectivity index (χ0v) is 10.1. The SMILES string of the molecule is CS(=O)(=O)N1CCNC(C2CCCC2)C1. The third-order valence-electron chi connectivity index (χ3n) is 3.61. The highest BCUT2D eigenvalue weighted by molar-refractivity contribution is 7.88. The van der Waals surface area contributed by atoms with Crippen molar-refractivity contribution in [2.24, 2.45) is 5.92 Å². The van der Waals surface area contributed by atoms with Crippen LogP contribution in [0.4, 0.5) is 0 Å². The van der Waals surface area contributed by atoms with Crippen LogP contribution in [0.25, 0.3) is 0 Å². The van der Waals surface area contributed by atoms with E-state index in [1.165, 1.54) is 31.9 Å². The fourth-order valence-corrected chi connectivity index (χ4v) is 3.58. The van der Waals surface area contributed by atoms with Gasteiger partial charge in [-0.05, 0) is 18.8 Å². The Hall–Kier alpha value is -0.130. The highest BCUT2D eigenvalue weighted by Crippen LogP contribution is 2.29. The van der Waals surface area contributed by atoms with E-state index >= 15 is 0 Å².